The maximum absolute atomic E-state index is 12.7. The van der Waals surface area contributed by atoms with Crippen molar-refractivity contribution in [3.05, 3.63) is 41.3 Å². The molecule has 0 saturated carbocycles. The molecule has 2 bridgehead atoms. The zero-order chi connectivity index (χ0) is 18.9. The van der Waals surface area contributed by atoms with Crippen LogP contribution in [0.2, 0.25) is 0 Å². The molecule has 148 valence electrons. The largest absolute Gasteiger partial charge is 0.444 e. The molecule has 2 N–H and O–H groups in total. The van der Waals surface area contributed by atoms with E-state index in [0.29, 0.717) is 17.0 Å². The molecule has 0 radical (unpaired) electrons. The summed E-state index contributed by atoms with van der Waals surface area (Å²) in [4.78, 5) is 15.6. The Labute approximate surface area is 168 Å². The van der Waals surface area contributed by atoms with Crippen molar-refractivity contribution >= 4 is 22.9 Å². The molecule has 3 atom stereocenters. The standard InChI is InChI=1S/C21H25N3O3S/c25-21(23-16-13-14-5-6-15(16)22-14)19-7-8-20(28-19)27-18-4-2-1-3-17(18)24-9-11-26-12-10-24/h1-4,7-8,14-16,22H,5-6,9-13H2,(H,23,25). The van der Waals surface area contributed by atoms with E-state index in [1.165, 1.54) is 17.8 Å². The number of anilines is 1. The lowest BCUT2D eigenvalue weighted by molar-refractivity contribution is 0.0935. The van der Waals surface area contributed by atoms with Crippen LogP contribution in [-0.2, 0) is 4.74 Å². The number of hydrogen-bond donors (Lipinski definition) is 2. The van der Waals surface area contributed by atoms with Gasteiger partial charge in [-0.05, 0) is 43.5 Å². The van der Waals surface area contributed by atoms with Crippen LogP contribution in [0.3, 0.4) is 0 Å². The molecular formula is C21H25N3O3S. The molecule has 5 rings (SSSR count). The second-order valence-electron chi connectivity index (χ2n) is 7.65. The minimum Gasteiger partial charge on any atom is -0.444 e. The molecule has 2 aromatic rings. The lowest BCUT2D eigenvalue weighted by atomic mass is 9.95. The summed E-state index contributed by atoms with van der Waals surface area (Å²) in [6, 6.07) is 13.0. The fraction of sp³-hybridized carbons (Fsp3) is 0.476. The molecule has 3 saturated heterocycles. The van der Waals surface area contributed by atoms with E-state index in [4.69, 9.17) is 9.47 Å². The van der Waals surface area contributed by atoms with Crippen molar-refractivity contribution < 1.29 is 14.3 Å². The third-order valence-electron chi connectivity index (χ3n) is 5.85. The second kappa shape index (κ2) is 7.73. The Morgan fingerprint density at radius 1 is 1.18 bits per heavy atom. The van der Waals surface area contributed by atoms with Gasteiger partial charge >= 0.3 is 0 Å². The molecule has 3 aliphatic heterocycles. The van der Waals surface area contributed by atoms with Crippen molar-refractivity contribution in [1.29, 1.82) is 0 Å². The van der Waals surface area contributed by atoms with E-state index in [9.17, 15) is 4.79 Å². The number of nitrogens with one attached hydrogen (secondary N) is 2. The molecule has 3 aliphatic rings. The van der Waals surface area contributed by atoms with Gasteiger partial charge in [-0.2, -0.15) is 0 Å². The fourth-order valence-corrected chi connectivity index (χ4v) is 5.21. The number of rotatable bonds is 5. The maximum atomic E-state index is 12.7. The van der Waals surface area contributed by atoms with Crippen LogP contribution in [0.25, 0.3) is 0 Å². The highest BCUT2D eigenvalue weighted by Gasteiger charge is 2.39. The van der Waals surface area contributed by atoms with Crippen LogP contribution in [0.1, 0.15) is 28.9 Å². The minimum atomic E-state index is 0.000615. The predicted octanol–water partition coefficient (Wildman–Crippen LogP) is 3.00. The summed E-state index contributed by atoms with van der Waals surface area (Å²) in [7, 11) is 0. The predicted molar refractivity (Wildman–Crippen MR) is 110 cm³/mol. The summed E-state index contributed by atoms with van der Waals surface area (Å²) in [5.41, 5.74) is 1.07. The smallest absolute Gasteiger partial charge is 0.261 e. The summed E-state index contributed by atoms with van der Waals surface area (Å²) in [5.74, 6) is 0.816. The van der Waals surface area contributed by atoms with Crippen LogP contribution in [0.4, 0.5) is 5.69 Å². The summed E-state index contributed by atoms with van der Waals surface area (Å²) in [5, 5.41) is 7.49. The number of fused-ring (bicyclic) bond motifs is 2. The zero-order valence-corrected chi connectivity index (χ0v) is 16.5. The number of nitrogens with zero attached hydrogens (tertiary/aromatic N) is 1. The first-order valence-electron chi connectivity index (χ1n) is 10.0. The van der Waals surface area contributed by atoms with Crippen molar-refractivity contribution in [2.45, 2.75) is 37.4 Å². The van der Waals surface area contributed by atoms with Gasteiger partial charge in [-0.25, -0.2) is 0 Å². The van der Waals surface area contributed by atoms with E-state index in [0.717, 1.165) is 55.6 Å². The highest BCUT2D eigenvalue weighted by atomic mass is 32.1. The first-order chi connectivity index (χ1) is 13.8. The normalized spacial score (nSPS) is 26.4. The number of amides is 1. The van der Waals surface area contributed by atoms with Gasteiger partial charge in [-0.15, -0.1) is 0 Å². The van der Waals surface area contributed by atoms with Crippen molar-refractivity contribution in [3.63, 3.8) is 0 Å². The van der Waals surface area contributed by atoms with Crippen LogP contribution in [0, 0.1) is 0 Å². The highest BCUT2D eigenvalue weighted by molar-refractivity contribution is 7.15. The minimum absolute atomic E-state index is 0.000615. The maximum Gasteiger partial charge on any atom is 0.261 e. The van der Waals surface area contributed by atoms with Gasteiger partial charge in [-0.1, -0.05) is 23.5 Å². The van der Waals surface area contributed by atoms with Crippen molar-refractivity contribution in [3.8, 4) is 10.8 Å². The number of carbonyl (C=O) groups excluding carboxylic acids is 1. The molecule has 3 fully saturated rings. The zero-order valence-electron chi connectivity index (χ0n) is 15.7. The number of carbonyl (C=O) groups is 1. The van der Waals surface area contributed by atoms with Crippen molar-refractivity contribution in [2.24, 2.45) is 0 Å². The number of ether oxygens (including phenoxy) is 2. The lowest BCUT2D eigenvalue weighted by Gasteiger charge is -2.30. The van der Waals surface area contributed by atoms with E-state index in [2.05, 4.69) is 21.6 Å². The molecule has 7 heteroatoms. The van der Waals surface area contributed by atoms with Gasteiger partial charge in [0.15, 0.2) is 10.8 Å². The van der Waals surface area contributed by atoms with Crippen LogP contribution < -0.4 is 20.3 Å². The Morgan fingerprint density at radius 3 is 2.82 bits per heavy atom. The molecule has 1 amide bonds. The molecule has 4 heterocycles. The Bertz CT molecular complexity index is 849. The van der Waals surface area contributed by atoms with Crippen molar-refractivity contribution in [2.75, 3.05) is 31.2 Å². The monoisotopic (exact) mass is 399 g/mol. The topological polar surface area (TPSA) is 62.8 Å². The molecule has 1 aromatic heterocycles. The molecule has 3 unspecified atom stereocenters. The number of para-hydroxylation sites is 2. The van der Waals surface area contributed by atoms with Gasteiger partial charge in [0.2, 0.25) is 0 Å². The van der Waals surface area contributed by atoms with Gasteiger partial charge in [0.1, 0.15) is 0 Å². The Balaban J connectivity index is 1.26. The third kappa shape index (κ3) is 3.62. The number of thiophene rings is 1. The summed E-state index contributed by atoms with van der Waals surface area (Å²) < 4.78 is 11.6. The Morgan fingerprint density at radius 2 is 2.04 bits per heavy atom. The van der Waals surface area contributed by atoms with E-state index in [1.54, 1.807) is 0 Å². The summed E-state index contributed by atoms with van der Waals surface area (Å²) >= 11 is 1.40. The average Bonchev–Trinajstić information content (AvgIpc) is 3.46. The third-order valence-corrected chi connectivity index (χ3v) is 6.81. The lowest BCUT2D eigenvalue weighted by Crippen LogP contribution is -2.42. The van der Waals surface area contributed by atoms with E-state index in [-0.39, 0.29) is 11.9 Å². The highest BCUT2D eigenvalue weighted by Crippen LogP contribution is 2.36. The number of hydrogen-bond acceptors (Lipinski definition) is 6. The number of benzene rings is 1. The number of morpholine rings is 1. The first-order valence-corrected chi connectivity index (χ1v) is 10.8. The van der Waals surface area contributed by atoms with Gasteiger partial charge in [0.05, 0.1) is 23.8 Å². The van der Waals surface area contributed by atoms with Gasteiger partial charge < -0.3 is 25.0 Å². The first kappa shape index (κ1) is 18.0. The van der Waals surface area contributed by atoms with Crippen LogP contribution >= 0.6 is 11.3 Å². The van der Waals surface area contributed by atoms with Crippen LogP contribution in [0.15, 0.2) is 36.4 Å². The van der Waals surface area contributed by atoms with E-state index in [1.807, 2.05) is 30.3 Å². The van der Waals surface area contributed by atoms with Crippen molar-refractivity contribution in [1.82, 2.24) is 10.6 Å². The quantitative estimate of drug-likeness (QED) is 0.809. The van der Waals surface area contributed by atoms with E-state index >= 15 is 0 Å². The Hall–Kier alpha value is -2.09. The van der Waals surface area contributed by atoms with Gasteiger partial charge in [-0.3, -0.25) is 4.79 Å². The van der Waals surface area contributed by atoms with E-state index < -0.39 is 0 Å². The van der Waals surface area contributed by atoms with Crippen LogP contribution in [-0.4, -0.2) is 50.3 Å². The summed E-state index contributed by atoms with van der Waals surface area (Å²) in [6.45, 7) is 3.18. The van der Waals surface area contributed by atoms with Gasteiger partial charge in [0, 0.05) is 31.2 Å². The fourth-order valence-electron chi connectivity index (χ4n) is 4.44. The second-order valence-corrected chi connectivity index (χ2v) is 8.70. The molecule has 6 nitrogen and oxygen atoms in total. The molecule has 0 aliphatic carbocycles. The molecule has 1 aromatic carbocycles. The van der Waals surface area contributed by atoms with Crippen LogP contribution in [0.5, 0.6) is 10.8 Å². The molecule has 28 heavy (non-hydrogen) atoms. The SMILES string of the molecule is O=C(NC1CC2CCC1N2)c1ccc(Oc2ccccc2N2CCOCC2)s1. The summed E-state index contributed by atoms with van der Waals surface area (Å²) in [6.07, 6.45) is 3.43. The average molecular weight is 400 g/mol. The molecular weight excluding hydrogens is 374 g/mol. The molecule has 0 spiro atoms. The van der Waals surface area contributed by atoms with Gasteiger partial charge in [0.25, 0.3) is 5.91 Å². The Kier molecular flexibility index (Phi) is 4.96.